The summed E-state index contributed by atoms with van der Waals surface area (Å²) in [4.78, 5) is 11.7. The minimum absolute atomic E-state index is 0.00244. The second-order valence-electron chi connectivity index (χ2n) is 9.64. The molecule has 0 radical (unpaired) electrons. The fourth-order valence-electron chi connectivity index (χ4n) is 4.96. The highest BCUT2D eigenvalue weighted by Crippen LogP contribution is 2.40. The zero-order valence-electron chi connectivity index (χ0n) is 24.4. The minimum atomic E-state index is -0.394. The summed E-state index contributed by atoms with van der Waals surface area (Å²) in [5, 5.41) is 3.20. The van der Waals surface area contributed by atoms with Crippen LogP contribution in [0, 0.1) is 0 Å². The number of methoxy groups -OCH3 is 1. The predicted octanol–water partition coefficient (Wildman–Crippen LogP) is 6.08. The number of ether oxygens (including phenoxy) is 6. The Hall–Kier alpha value is -4.01. The van der Waals surface area contributed by atoms with Crippen LogP contribution < -0.4 is 24.3 Å². The van der Waals surface area contributed by atoms with Crippen molar-refractivity contribution in [3.8, 4) is 23.0 Å². The van der Waals surface area contributed by atoms with E-state index in [2.05, 4.69) is 42.6 Å². The number of hydrogen-bond acceptors (Lipinski definition) is 8. The fraction of sp³-hybridized carbons (Fsp3) is 0.364. The molecule has 0 saturated heterocycles. The van der Waals surface area contributed by atoms with Gasteiger partial charge in [-0.1, -0.05) is 44.2 Å². The summed E-state index contributed by atoms with van der Waals surface area (Å²) in [5.41, 5.74) is 5.41. The lowest BCUT2D eigenvalue weighted by Crippen LogP contribution is -2.43. The molecule has 8 heteroatoms. The average Bonchev–Trinajstić information content (AvgIpc) is 3.47. The Morgan fingerprint density at radius 1 is 0.878 bits per heavy atom. The molecule has 0 fully saturated rings. The van der Waals surface area contributed by atoms with Crippen LogP contribution in [-0.4, -0.2) is 52.5 Å². The summed E-state index contributed by atoms with van der Waals surface area (Å²) in [7, 11) is 3.45. The average molecular weight is 562 g/mol. The van der Waals surface area contributed by atoms with Gasteiger partial charge in [0.05, 0.1) is 0 Å². The lowest BCUT2D eigenvalue weighted by molar-refractivity contribution is -0.149. The first kappa shape index (κ1) is 30.0. The standard InChI is InChI=1S/C33H39NO7/c1-6-28(25-12-17-30-31(18-25)40-21-39-30)33(24-10-15-27(16-11-24)38-20-36-5)23-8-13-26(14-9-23)37-19-32(41-22(3)35)29(7-2)34-4/h8-18,29,32,34H,6-7,19-21H2,1-5H3. The molecule has 218 valence electrons. The van der Waals surface area contributed by atoms with Crippen molar-refractivity contribution in [2.24, 2.45) is 0 Å². The Bertz CT molecular complexity index is 1310. The van der Waals surface area contributed by atoms with Gasteiger partial charge in [-0.25, -0.2) is 0 Å². The van der Waals surface area contributed by atoms with Crippen molar-refractivity contribution < 1.29 is 33.2 Å². The van der Waals surface area contributed by atoms with Gasteiger partial charge in [0, 0.05) is 20.1 Å². The molecule has 1 N–H and O–H groups in total. The van der Waals surface area contributed by atoms with Crippen molar-refractivity contribution in [3.63, 3.8) is 0 Å². The largest absolute Gasteiger partial charge is 0.490 e. The first-order chi connectivity index (χ1) is 20.0. The molecule has 1 aliphatic heterocycles. The first-order valence-corrected chi connectivity index (χ1v) is 13.9. The van der Waals surface area contributed by atoms with Gasteiger partial charge in [-0.2, -0.15) is 0 Å². The van der Waals surface area contributed by atoms with E-state index in [1.165, 1.54) is 6.92 Å². The molecule has 41 heavy (non-hydrogen) atoms. The summed E-state index contributed by atoms with van der Waals surface area (Å²) in [6.07, 6.45) is 1.20. The van der Waals surface area contributed by atoms with Gasteiger partial charge in [0.25, 0.3) is 0 Å². The van der Waals surface area contributed by atoms with Crippen molar-refractivity contribution in [2.45, 2.75) is 45.8 Å². The van der Waals surface area contributed by atoms with Gasteiger partial charge in [-0.3, -0.25) is 4.79 Å². The molecular formula is C33H39NO7. The van der Waals surface area contributed by atoms with E-state index in [0.717, 1.165) is 57.9 Å². The summed E-state index contributed by atoms with van der Waals surface area (Å²) in [5.74, 6) is 2.60. The molecule has 2 atom stereocenters. The molecule has 0 bridgehead atoms. The van der Waals surface area contributed by atoms with Crippen LogP contribution in [0.25, 0.3) is 11.1 Å². The second-order valence-corrected chi connectivity index (χ2v) is 9.64. The zero-order valence-corrected chi connectivity index (χ0v) is 24.4. The van der Waals surface area contributed by atoms with Gasteiger partial charge in [0.2, 0.25) is 6.79 Å². The summed E-state index contributed by atoms with van der Waals surface area (Å²) in [6.45, 7) is 6.27. The normalized spacial score (nSPS) is 14.2. The van der Waals surface area contributed by atoms with Gasteiger partial charge < -0.3 is 33.7 Å². The molecule has 2 unspecified atom stereocenters. The molecule has 4 rings (SSSR count). The Labute approximate surface area is 242 Å². The van der Waals surface area contributed by atoms with Crippen molar-refractivity contribution in [2.75, 3.05) is 34.4 Å². The minimum Gasteiger partial charge on any atom is -0.490 e. The molecule has 0 aromatic heterocycles. The van der Waals surface area contributed by atoms with E-state index < -0.39 is 6.10 Å². The van der Waals surface area contributed by atoms with Crippen LogP contribution in [0.15, 0.2) is 66.7 Å². The Balaban J connectivity index is 1.67. The number of benzene rings is 3. The smallest absolute Gasteiger partial charge is 0.303 e. The third-order valence-electron chi connectivity index (χ3n) is 7.00. The number of likely N-dealkylation sites (N-methyl/N-ethyl adjacent to an activating group) is 1. The van der Waals surface area contributed by atoms with E-state index in [4.69, 9.17) is 28.4 Å². The number of esters is 1. The van der Waals surface area contributed by atoms with Gasteiger partial charge in [0.1, 0.15) is 18.1 Å². The quantitative estimate of drug-likeness (QED) is 0.144. The molecule has 0 aliphatic carbocycles. The molecule has 0 saturated carbocycles. The molecule has 3 aromatic rings. The van der Waals surface area contributed by atoms with Gasteiger partial charge in [-0.15, -0.1) is 0 Å². The highest BCUT2D eigenvalue weighted by Gasteiger charge is 2.23. The van der Waals surface area contributed by atoms with Gasteiger partial charge in [-0.05, 0) is 84.1 Å². The number of carbonyl (C=O) groups excluding carboxylic acids is 1. The predicted molar refractivity (Wildman–Crippen MR) is 158 cm³/mol. The van der Waals surface area contributed by atoms with Crippen LogP contribution in [0.5, 0.6) is 23.0 Å². The molecule has 8 nitrogen and oxygen atoms in total. The summed E-state index contributed by atoms with van der Waals surface area (Å²) >= 11 is 0. The second kappa shape index (κ2) is 14.6. The van der Waals surface area contributed by atoms with E-state index >= 15 is 0 Å². The molecule has 1 aliphatic rings. The molecule has 0 spiro atoms. The van der Waals surface area contributed by atoms with Crippen LogP contribution in [-0.2, 0) is 14.3 Å². The van der Waals surface area contributed by atoms with E-state index in [1.807, 2.05) is 50.4 Å². The van der Waals surface area contributed by atoms with Crippen LogP contribution >= 0.6 is 0 Å². The third kappa shape index (κ3) is 7.60. The maximum Gasteiger partial charge on any atom is 0.303 e. The van der Waals surface area contributed by atoms with Gasteiger partial charge >= 0.3 is 5.97 Å². The van der Waals surface area contributed by atoms with E-state index in [1.54, 1.807) is 7.11 Å². The van der Waals surface area contributed by atoms with Crippen LogP contribution in [0.3, 0.4) is 0 Å². The van der Waals surface area contributed by atoms with Crippen molar-refractivity contribution in [3.05, 3.63) is 83.4 Å². The zero-order chi connectivity index (χ0) is 29.2. The monoisotopic (exact) mass is 561 g/mol. The van der Waals surface area contributed by atoms with Crippen LogP contribution in [0.4, 0.5) is 0 Å². The molecule has 0 amide bonds. The fourth-order valence-corrected chi connectivity index (χ4v) is 4.96. The molecule has 1 heterocycles. The van der Waals surface area contributed by atoms with Crippen molar-refractivity contribution in [1.82, 2.24) is 5.32 Å². The number of nitrogens with one attached hydrogen (secondary N) is 1. The summed E-state index contributed by atoms with van der Waals surface area (Å²) in [6, 6.07) is 22.1. The highest BCUT2D eigenvalue weighted by molar-refractivity contribution is 5.99. The topological polar surface area (TPSA) is 84.5 Å². The van der Waals surface area contributed by atoms with E-state index in [9.17, 15) is 4.79 Å². The Morgan fingerprint density at radius 3 is 2.05 bits per heavy atom. The summed E-state index contributed by atoms with van der Waals surface area (Å²) < 4.78 is 33.5. The van der Waals surface area contributed by atoms with E-state index in [-0.39, 0.29) is 32.2 Å². The Kier molecular flexibility index (Phi) is 10.6. The maximum atomic E-state index is 11.7. The number of carbonyl (C=O) groups is 1. The van der Waals surface area contributed by atoms with Crippen LogP contribution in [0.1, 0.15) is 50.3 Å². The van der Waals surface area contributed by atoms with Gasteiger partial charge in [0.15, 0.2) is 24.4 Å². The third-order valence-corrected chi connectivity index (χ3v) is 7.00. The number of fused-ring (bicyclic) bond motifs is 1. The number of hydrogen-bond donors (Lipinski definition) is 1. The van der Waals surface area contributed by atoms with Crippen LogP contribution in [0.2, 0.25) is 0 Å². The molecular weight excluding hydrogens is 522 g/mol. The first-order valence-electron chi connectivity index (χ1n) is 13.9. The van der Waals surface area contributed by atoms with E-state index in [0.29, 0.717) is 5.75 Å². The lowest BCUT2D eigenvalue weighted by Gasteiger charge is -2.25. The molecule has 3 aromatic carbocycles. The number of rotatable bonds is 14. The SMILES string of the molecule is CCC(=C(c1ccc(OCOC)cc1)c1ccc(OCC(OC(C)=O)C(CC)NC)cc1)c1ccc2c(c1)OCO2. The lowest BCUT2D eigenvalue weighted by atomic mass is 9.88. The Morgan fingerprint density at radius 2 is 1.49 bits per heavy atom. The number of allylic oxidation sites excluding steroid dienone is 1. The maximum absolute atomic E-state index is 11.7. The van der Waals surface area contributed by atoms with Crippen molar-refractivity contribution in [1.29, 1.82) is 0 Å². The van der Waals surface area contributed by atoms with Crippen molar-refractivity contribution >= 4 is 17.1 Å². The highest BCUT2D eigenvalue weighted by atomic mass is 16.7.